The number of aliphatic imine (C=N–C) groups is 1. The van der Waals surface area contributed by atoms with Gasteiger partial charge in [-0.25, -0.2) is 4.79 Å². The first-order chi connectivity index (χ1) is 4.84. The van der Waals surface area contributed by atoms with Crippen molar-refractivity contribution in [2.75, 3.05) is 0 Å². The molecule has 0 fully saturated rings. The Kier molecular flexibility index (Phi) is 2.25. The molecule has 0 spiro atoms. The Bertz CT molecular complexity index is 239. The Morgan fingerprint density at radius 2 is 2.70 bits per heavy atom. The van der Waals surface area contributed by atoms with E-state index in [-0.39, 0.29) is 6.04 Å². The van der Waals surface area contributed by atoms with Crippen molar-refractivity contribution in [1.29, 1.82) is 0 Å². The van der Waals surface area contributed by atoms with Crippen molar-refractivity contribution >= 4 is 17.6 Å². The number of hydrogen-bond acceptors (Lipinski definition) is 5. The maximum absolute atomic E-state index is 9.77. The van der Waals surface area contributed by atoms with Gasteiger partial charge in [-0.3, -0.25) is 0 Å². The molecule has 0 aliphatic carbocycles. The van der Waals surface area contributed by atoms with E-state index in [4.69, 9.17) is 0 Å². The largest absolute Gasteiger partial charge is 0.235 e. The molecule has 4 nitrogen and oxygen atoms in total. The second-order valence-electron chi connectivity index (χ2n) is 1.73. The van der Waals surface area contributed by atoms with E-state index >= 15 is 0 Å². The highest BCUT2D eigenvalue weighted by molar-refractivity contribution is 7.03. The van der Waals surface area contributed by atoms with Crippen molar-refractivity contribution in [2.45, 2.75) is 13.0 Å². The van der Waals surface area contributed by atoms with Crippen LogP contribution < -0.4 is 0 Å². The highest BCUT2D eigenvalue weighted by Gasteiger charge is 2.04. The Hall–Kier alpha value is -1.06. The van der Waals surface area contributed by atoms with Crippen LogP contribution in [0.25, 0.3) is 0 Å². The summed E-state index contributed by atoms with van der Waals surface area (Å²) in [6, 6.07) is -0.212. The molecular weight excluding hydrogens is 150 g/mol. The normalized spacial score (nSPS) is 12.1. The Morgan fingerprint density at radius 3 is 3.20 bits per heavy atom. The van der Waals surface area contributed by atoms with Gasteiger partial charge in [-0.15, -0.1) is 5.10 Å². The lowest BCUT2D eigenvalue weighted by atomic mass is 10.3. The zero-order valence-corrected chi connectivity index (χ0v) is 6.13. The summed E-state index contributed by atoms with van der Waals surface area (Å²) >= 11 is 1.24. The first-order valence-electron chi connectivity index (χ1n) is 2.68. The van der Waals surface area contributed by atoms with Gasteiger partial charge in [-0.2, -0.15) is 4.99 Å². The molecule has 1 unspecified atom stereocenters. The second-order valence-corrected chi connectivity index (χ2v) is 2.34. The molecule has 0 aromatic carbocycles. The van der Waals surface area contributed by atoms with Gasteiger partial charge < -0.3 is 0 Å². The molecule has 0 aliphatic heterocycles. The Labute approximate surface area is 61.8 Å². The van der Waals surface area contributed by atoms with Crippen molar-refractivity contribution < 1.29 is 4.79 Å². The zero-order chi connectivity index (χ0) is 7.40. The minimum Gasteiger partial charge on any atom is -0.211 e. The molecule has 0 bridgehead atoms. The van der Waals surface area contributed by atoms with Gasteiger partial charge in [0.05, 0.1) is 0 Å². The summed E-state index contributed by atoms with van der Waals surface area (Å²) in [5.41, 5.74) is 0.716. The molecule has 1 aromatic heterocycles. The maximum Gasteiger partial charge on any atom is 0.235 e. The quantitative estimate of drug-likeness (QED) is 0.471. The zero-order valence-electron chi connectivity index (χ0n) is 5.31. The first kappa shape index (κ1) is 7.05. The lowest BCUT2D eigenvalue weighted by Gasteiger charge is -1.93. The van der Waals surface area contributed by atoms with Gasteiger partial charge in [0.1, 0.15) is 11.7 Å². The lowest BCUT2D eigenvalue weighted by molar-refractivity contribution is 0.559. The van der Waals surface area contributed by atoms with E-state index in [1.165, 1.54) is 17.6 Å². The molecule has 1 atom stereocenters. The molecule has 10 heavy (non-hydrogen) atoms. The Balaban J connectivity index is 2.76. The SMILES string of the molecule is CC(N=C=O)c1csnn1. The molecular formula is C5H5N3OS. The van der Waals surface area contributed by atoms with E-state index in [9.17, 15) is 4.79 Å². The topological polar surface area (TPSA) is 55.2 Å². The first-order valence-corrected chi connectivity index (χ1v) is 3.52. The predicted molar refractivity (Wildman–Crippen MR) is 36.4 cm³/mol. The van der Waals surface area contributed by atoms with Gasteiger partial charge in [-0.05, 0) is 18.5 Å². The second kappa shape index (κ2) is 3.20. The molecule has 0 saturated heterocycles. The van der Waals surface area contributed by atoms with Crippen molar-refractivity contribution in [3.63, 3.8) is 0 Å². The van der Waals surface area contributed by atoms with Crippen LogP contribution in [-0.4, -0.2) is 15.7 Å². The van der Waals surface area contributed by atoms with Gasteiger partial charge in [0, 0.05) is 5.38 Å². The fourth-order valence-corrected chi connectivity index (χ4v) is 1.04. The molecule has 0 aliphatic rings. The third-order valence-electron chi connectivity index (χ3n) is 1.05. The van der Waals surface area contributed by atoms with Crippen LogP contribution in [0.4, 0.5) is 0 Å². The van der Waals surface area contributed by atoms with Gasteiger partial charge >= 0.3 is 0 Å². The lowest BCUT2D eigenvalue weighted by Crippen LogP contribution is -1.88. The Morgan fingerprint density at radius 1 is 1.90 bits per heavy atom. The molecule has 0 amide bonds. The van der Waals surface area contributed by atoms with Crippen molar-refractivity contribution in [3.8, 4) is 0 Å². The predicted octanol–water partition coefficient (Wildman–Crippen LogP) is 0.935. The van der Waals surface area contributed by atoms with Crippen molar-refractivity contribution in [1.82, 2.24) is 9.59 Å². The van der Waals surface area contributed by atoms with E-state index in [1.807, 2.05) is 0 Å². The molecule has 52 valence electrons. The summed E-state index contributed by atoms with van der Waals surface area (Å²) in [5.74, 6) is 0. The molecule has 1 rings (SSSR count). The van der Waals surface area contributed by atoms with Crippen LogP contribution in [0.2, 0.25) is 0 Å². The molecule has 1 aromatic rings. The number of isocyanates is 1. The highest BCUT2D eigenvalue weighted by Crippen LogP contribution is 2.12. The molecule has 0 radical (unpaired) electrons. The van der Waals surface area contributed by atoms with Gasteiger partial charge in [0.2, 0.25) is 6.08 Å². The molecule has 5 heteroatoms. The van der Waals surface area contributed by atoms with E-state index in [2.05, 4.69) is 14.6 Å². The fraction of sp³-hybridized carbons (Fsp3) is 0.400. The van der Waals surface area contributed by atoms with Crippen LogP contribution in [0.3, 0.4) is 0 Å². The number of hydrogen-bond donors (Lipinski definition) is 0. The summed E-state index contributed by atoms with van der Waals surface area (Å²) in [6.07, 6.45) is 1.47. The summed E-state index contributed by atoms with van der Waals surface area (Å²) < 4.78 is 3.63. The maximum atomic E-state index is 9.77. The number of nitrogens with zero attached hydrogens (tertiary/aromatic N) is 3. The molecule has 0 saturated carbocycles. The van der Waals surface area contributed by atoms with Crippen LogP contribution >= 0.6 is 11.5 Å². The number of carbonyl (C=O) groups excluding carboxylic acids is 1. The van der Waals surface area contributed by atoms with Crippen LogP contribution in [0.1, 0.15) is 18.7 Å². The fourth-order valence-electron chi connectivity index (χ4n) is 0.499. The van der Waals surface area contributed by atoms with Crippen LogP contribution in [-0.2, 0) is 4.79 Å². The van der Waals surface area contributed by atoms with Crippen LogP contribution in [0, 0.1) is 0 Å². The van der Waals surface area contributed by atoms with Crippen LogP contribution in [0.15, 0.2) is 10.4 Å². The minimum atomic E-state index is -0.212. The summed E-state index contributed by atoms with van der Waals surface area (Å²) in [7, 11) is 0. The summed E-state index contributed by atoms with van der Waals surface area (Å²) in [6.45, 7) is 1.77. The molecule has 0 N–H and O–H groups in total. The number of rotatable bonds is 2. The summed E-state index contributed by atoms with van der Waals surface area (Å²) in [4.78, 5) is 13.2. The minimum absolute atomic E-state index is 0.212. The van der Waals surface area contributed by atoms with E-state index in [0.29, 0.717) is 5.69 Å². The third-order valence-corrected chi connectivity index (χ3v) is 1.57. The smallest absolute Gasteiger partial charge is 0.211 e. The third kappa shape index (κ3) is 1.46. The molecule has 1 heterocycles. The van der Waals surface area contributed by atoms with Gasteiger partial charge in [-0.1, -0.05) is 4.49 Å². The van der Waals surface area contributed by atoms with Gasteiger partial charge in [0.15, 0.2) is 0 Å². The number of aromatic nitrogens is 2. The standard InChI is InChI=1S/C5H5N3OS/c1-4(6-3-9)5-2-10-8-7-5/h2,4H,1H3. The van der Waals surface area contributed by atoms with E-state index < -0.39 is 0 Å². The van der Waals surface area contributed by atoms with Crippen molar-refractivity contribution in [3.05, 3.63) is 11.1 Å². The van der Waals surface area contributed by atoms with Crippen molar-refractivity contribution in [2.24, 2.45) is 4.99 Å². The average molecular weight is 155 g/mol. The highest BCUT2D eigenvalue weighted by atomic mass is 32.1. The average Bonchev–Trinajstić information content (AvgIpc) is 2.38. The van der Waals surface area contributed by atoms with Gasteiger partial charge in [0.25, 0.3) is 0 Å². The van der Waals surface area contributed by atoms with Crippen LogP contribution in [0.5, 0.6) is 0 Å². The summed E-state index contributed by atoms with van der Waals surface area (Å²) in [5, 5.41) is 5.49. The van der Waals surface area contributed by atoms with E-state index in [0.717, 1.165) is 0 Å². The monoisotopic (exact) mass is 155 g/mol. The van der Waals surface area contributed by atoms with E-state index in [1.54, 1.807) is 12.3 Å².